The molecule has 1 aromatic carbocycles. The van der Waals surface area contributed by atoms with Crippen LogP contribution in [0.15, 0.2) is 24.3 Å². The van der Waals surface area contributed by atoms with Crippen LogP contribution < -0.4 is 4.90 Å². The molecule has 2 aliphatic rings. The topological polar surface area (TPSA) is 27.0 Å². The number of anilines is 1. The van der Waals surface area contributed by atoms with Gasteiger partial charge in [0.1, 0.15) is 0 Å². The Labute approximate surface area is 122 Å². The summed E-state index contributed by atoms with van der Waals surface area (Å²) in [6.07, 6.45) is 9.02. The lowest BCUT2D eigenvalue weighted by Crippen LogP contribution is -2.25. The maximum Gasteiger partial charge on any atom is 0.0749 e. The molecule has 0 aliphatic heterocycles. The molecule has 0 amide bonds. The number of nitrogens with zero attached hydrogens (tertiary/aromatic N) is 2. The van der Waals surface area contributed by atoms with Gasteiger partial charge in [0.2, 0.25) is 0 Å². The summed E-state index contributed by atoms with van der Waals surface area (Å²) in [4.78, 5) is 2.24. The minimum atomic E-state index is -0.0587. The minimum Gasteiger partial charge on any atom is -0.373 e. The van der Waals surface area contributed by atoms with Crippen molar-refractivity contribution < 1.29 is 0 Å². The number of hydrogen-bond acceptors (Lipinski definition) is 2. The standard InChI is InChI=1S/C18H24N2/c1-20(14-18(13-19)11-12-18)17-9-7-16(8-10-17)15-5-3-2-4-6-15/h7-10,15H,2-6,11-12,14H2,1H3. The molecule has 0 heterocycles. The molecule has 0 spiro atoms. The summed E-state index contributed by atoms with van der Waals surface area (Å²) in [7, 11) is 2.10. The highest BCUT2D eigenvalue weighted by molar-refractivity contribution is 5.48. The van der Waals surface area contributed by atoms with Gasteiger partial charge >= 0.3 is 0 Å². The SMILES string of the molecule is CN(CC1(C#N)CC1)c1ccc(C2CCCCC2)cc1. The molecule has 106 valence electrons. The lowest BCUT2D eigenvalue weighted by Gasteiger charge is -2.24. The molecule has 20 heavy (non-hydrogen) atoms. The average molecular weight is 268 g/mol. The molecule has 2 saturated carbocycles. The van der Waals surface area contributed by atoms with Gasteiger partial charge in [0.15, 0.2) is 0 Å². The van der Waals surface area contributed by atoms with Gasteiger partial charge < -0.3 is 4.90 Å². The number of hydrogen-bond donors (Lipinski definition) is 0. The van der Waals surface area contributed by atoms with Gasteiger partial charge in [-0.2, -0.15) is 5.26 Å². The van der Waals surface area contributed by atoms with E-state index in [1.807, 2.05) is 0 Å². The van der Waals surface area contributed by atoms with Crippen molar-refractivity contribution in [2.45, 2.75) is 50.9 Å². The maximum absolute atomic E-state index is 9.19. The molecule has 2 heteroatoms. The van der Waals surface area contributed by atoms with Crippen molar-refractivity contribution in [3.63, 3.8) is 0 Å². The Balaban J connectivity index is 1.65. The van der Waals surface area contributed by atoms with Crippen molar-refractivity contribution in [1.82, 2.24) is 0 Å². The fourth-order valence-electron chi connectivity index (χ4n) is 3.44. The predicted octanol–water partition coefficient (Wildman–Crippen LogP) is 4.47. The highest BCUT2D eigenvalue weighted by Gasteiger charge is 2.44. The molecule has 0 saturated heterocycles. The molecule has 0 radical (unpaired) electrons. The van der Waals surface area contributed by atoms with Crippen LogP contribution >= 0.6 is 0 Å². The van der Waals surface area contributed by atoms with E-state index in [0.29, 0.717) is 0 Å². The van der Waals surface area contributed by atoms with E-state index < -0.39 is 0 Å². The molecule has 0 unspecified atom stereocenters. The van der Waals surface area contributed by atoms with E-state index in [0.717, 1.165) is 25.3 Å². The van der Waals surface area contributed by atoms with Gasteiger partial charge in [0.25, 0.3) is 0 Å². The Morgan fingerprint density at radius 3 is 2.35 bits per heavy atom. The number of rotatable bonds is 4. The van der Waals surface area contributed by atoms with Crippen LogP contribution in [-0.4, -0.2) is 13.6 Å². The van der Waals surface area contributed by atoms with Crippen molar-refractivity contribution in [1.29, 1.82) is 5.26 Å². The molecule has 2 aliphatic carbocycles. The van der Waals surface area contributed by atoms with Crippen LogP contribution in [0.5, 0.6) is 0 Å². The normalized spacial score (nSPS) is 21.2. The molecular formula is C18H24N2. The van der Waals surface area contributed by atoms with E-state index >= 15 is 0 Å². The second-order valence-corrected chi connectivity index (χ2v) is 6.67. The van der Waals surface area contributed by atoms with Gasteiger partial charge in [-0.25, -0.2) is 0 Å². The smallest absolute Gasteiger partial charge is 0.0749 e. The van der Waals surface area contributed by atoms with Crippen molar-refractivity contribution >= 4 is 5.69 Å². The zero-order valence-corrected chi connectivity index (χ0v) is 12.4. The molecular weight excluding hydrogens is 244 g/mol. The molecule has 0 N–H and O–H groups in total. The summed E-state index contributed by atoms with van der Waals surface area (Å²) in [6, 6.07) is 11.5. The van der Waals surface area contributed by atoms with E-state index in [2.05, 4.69) is 42.3 Å². The Kier molecular flexibility index (Phi) is 3.70. The monoisotopic (exact) mass is 268 g/mol. The van der Waals surface area contributed by atoms with Crippen molar-refractivity contribution in [3.8, 4) is 6.07 Å². The van der Waals surface area contributed by atoms with E-state index in [-0.39, 0.29) is 5.41 Å². The van der Waals surface area contributed by atoms with E-state index in [1.54, 1.807) is 0 Å². The first-order valence-corrected chi connectivity index (χ1v) is 7.95. The quantitative estimate of drug-likeness (QED) is 0.805. The van der Waals surface area contributed by atoms with Gasteiger partial charge in [-0.05, 0) is 49.3 Å². The molecule has 0 atom stereocenters. The van der Waals surface area contributed by atoms with Crippen LogP contribution in [0.2, 0.25) is 0 Å². The molecule has 0 aromatic heterocycles. The van der Waals surface area contributed by atoms with Gasteiger partial charge in [-0.3, -0.25) is 0 Å². The maximum atomic E-state index is 9.19. The van der Waals surface area contributed by atoms with Gasteiger partial charge in [0.05, 0.1) is 11.5 Å². The Bertz CT molecular complexity index is 487. The Morgan fingerprint density at radius 2 is 1.80 bits per heavy atom. The van der Waals surface area contributed by atoms with Crippen LogP contribution in [-0.2, 0) is 0 Å². The number of nitriles is 1. The zero-order chi connectivity index (χ0) is 14.0. The highest BCUT2D eigenvalue weighted by Crippen LogP contribution is 2.45. The first-order chi connectivity index (χ1) is 9.72. The summed E-state index contributed by atoms with van der Waals surface area (Å²) in [5.41, 5.74) is 2.69. The minimum absolute atomic E-state index is 0.0587. The highest BCUT2D eigenvalue weighted by atomic mass is 15.1. The van der Waals surface area contributed by atoms with E-state index in [1.165, 1.54) is 43.4 Å². The van der Waals surface area contributed by atoms with Gasteiger partial charge in [-0.1, -0.05) is 31.4 Å². The third-order valence-corrected chi connectivity index (χ3v) is 5.04. The van der Waals surface area contributed by atoms with Gasteiger partial charge in [0, 0.05) is 19.3 Å². The van der Waals surface area contributed by atoms with Crippen LogP contribution in [0.4, 0.5) is 5.69 Å². The molecule has 2 nitrogen and oxygen atoms in total. The van der Waals surface area contributed by atoms with Crippen LogP contribution in [0, 0.1) is 16.7 Å². The Morgan fingerprint density at radius 1 is 1.15 bits per heavy atom. The lowest BCUT2D eigenvalue weighted by molar-refractivity contribution is 0.443. The van der Waals surface area contributed by atoms with Gasteiger partial charge in [-0.15, -0.1) is 0 Å². The lowest BCUT2D eigenvalue weighted by atomic mass is 9.84. The van der Waals surface area contributed by atoms with Crippen LogP contribution in [0.3, 0.4) is 0 Å². The van der Waals surface area contributed by atoms with Crippen molar-refractivity contribution in [2.24, 2.45) is 5.41 Å². The van der Waals surface area contributed by atoms with Crippen LogP contribution in [0.25, 0.3) is 0 Å². The third kappa shape index (κ3) is 2.82. The van der Waals surface area contributed by atoms with Crippen molar-refractivity contribution in [2.75, 3.05) is 18.5 Å². The first-order valence-electron chi connectivity index (χ1n) is 7.95. The summed E-state index contributed by atoms with van der Waals surface area (Å²) in [5.74, 6) is 0.775. The molecule has 3 rings (SSSR count). The van der Waals surface area contributed by atoms with Crippen LogP contribution in [0.1, 0.15) is 56.4 Å². The fraction of sp³-hybridized carbons (Fsp3) is 0.611. The summed E-state index contributed by atoms with van der Waals surface area (Å²) in [5, 5.41) is 9.19. The summed E-state index contributed by atoms with van der Waals surface area (Å²) in [6.45, 7) is 0.867. The summed E-state index contributed by atoms with van der Waals surface area (Å²) < 4.78 is 0. The second kappa shape index (κ2) is 5.48. The second-order valence-electron chi connectivity index (χ2n) is 6.67. The molecule has 2 fully saturated rings. The van der Waals surface area contributed by atoms with E-state index in [4.69, 9.17) is 0 Å². The largest absolute Gasteiger partial charge is 0.373 e. The molecule has 1 aromatic rings. The average Bonchev–Trinajstić information content (AvgIpc) is 3.28. The number of benzene rings is 1. The van der Waals surface area contributed by atoms with Crippen molar-refractivity contribution in [3.05, 3.63) is 29.8 Å². The fourth-order valence-corrected chi connectivity index (χ4v) is 3.44. The Hall–Kier alpha value is -1.49. The first kappa shape index (κ1) is 13.5. The van der Waals surface area contributed by atoms with E-state index in [9.17, 15) is 5.26 Å². The third-order valence-electron chi connectivity index (χ3n) is 5.04. The summed E-state index contributed by atoms with van der Waals surface area (Å²) >= 11 is 0. The predicted molar refractivity (Wildman–Crippen MR) is 82.8 cm³/mol. The molecule has 0 bridgehead atoms. The zero-order valence-electron chi connectivity index (χ0n) is 12.4.